The number of rotatable bonds is 6. The Morgan fingerprint density at radius 2 is 2.03 bits per heavy atom. The molecule has 8 heteroatoms. The van der Waals surface area contributed by atoms with Crippen LogP contribution in [0.1, 0.15) is 23.6 Å². The van der Waals surface area contributed by atoms with Crippen LogP contribution >= 0.6 is 0 Å². The molecular weight excluding hydrogens is 414 g/mol. The fraction of sp³-hybridized carbons (Fsp3) is 0.280. The van der Waals surface area contributed by atoms with Crippen molar-refractivity contribution in [2.24, 2.45) is 4.99 Å². The first kappa shape index (κ1) is 21.1. The summed E-state index contributed by atoms with van der Waals surface area (Å²) in [5, 5.41) is 5.65. The van der Waals surface area contributed by atoms with Gasteiger partial charge in [-0.1, -0.05) is 18.2 Å². The molecule has 5 rings (SSSR count). The molecule has 0 unspecified atom stereocenters. The van der Waals surface area contributed by atoms with E-state index < -0.39 is 0 Å². The van der Waals surface area contributed by atoms with Crippen LogP contribution in [0.25, 0.3) is 22.3 Å². The average molecular weight is 442 g/mol. The monoisotopic (exact) mass is 441 g/mol. The van der Waals surface area contributed by atoms with Gasteiger partial charge in [0.2, 0.25) is 0 Å². The van der Waals surface area contributed by atoms with Crippen molar-refractivity contribution >= 4 is 29.3 Å². The molecule has 0 spiro atoms. The summed E-state index contributed by atoms with van der Waals surface area (Å²) in [6, 6.07) is 12.4. The van der Waals surface area contributed by atoms with Crippen LogP contribution in [0.5, 0.6) is 5.75 Å². The molecule has 2 N–H and O–H groups in total. The van der Waals surface area contributed by atoms with E-state index in [-0.39, 0.29) is 0 Å². The van der Waals surface area contributed by atoms with Gasteiger partial charge >= 0.3 is 0 Å². The van der Waals surface area contributed by atoms with E-state index in [1.165, 1.54) is 23.0 Å². The maximum atomic E-state index is 6.28. The zero-order valence-corrected chi connectivity index (χ0v) is 19.0. The molecule has 0 aliphatic carbocycles. The minimum Gasteiger partial charge on any atom is -0.492 e. The Balaban J connectivity index is 1.57. The molecule has 0 bridgehead atoms. The van der Waals surface area contributed by atoms with Gasteiger partial charge in [0.25, 0.3) is 0 Å². The average Bonchev–Trinajstić information content (AvgIpc) is 3.19. The Hall–Kier alpha value is -3.78. The number of nitrogens with two attached hydrogens (primary N) is 1. The maximum absolute atomic E-state index is 6.28. The standard InChI is InChI=1S/C25H27N7O/c1-4-33-21-8-7-18(12-20(21)27-2)23-22-24(26)28-15-29-25(22)32(30-23)13-16-5-6-19-14-31(3)10-9-17(19)11-16/h5-8,11-12,15H,2,4,9-10,13-14H2,1,3H3,(H2,26,28,29). The fourth-order valence-corrected chi connectivity index (χ4v) is 4.43. The van der Waals surface area contributed by atoms with E-state index in [1.54, 1.807) is 0 Å². The first-order valence-corrected chi connectivity index (χ1v) is 11.1. The number of fused-ring (bicyclic) bond motifs is 2. The van der Waals surface area contributed by atoms with Crippen molar-refractivity contribution in [3.63, 3.8) is 0 Å². The lowest BCUT2D eigenvalue weighted by Crippen LogP contribution is -2.26. The molecule has 33 heavy (non-hydrogen) atoms. The van der Waals surface area contributed by atoms with Gasteiger partial charge in [-0.05, 0) is 62.0 Å². The minimum absolute atomic E-state index is 0.400. The smallest absolute Gasteiger partial charge is 0.164 e. The molecule has 3 heterocycles. The number of hydrogen-bond donors (Lipinski definition) is 1. The lowest BCUT2D eigenvalue weighted by molar-refractivity contribution is 0.313. The van der Waals surface area contributed by atoms with Gasteiger partial charge in [-0.25, -0.2) is 14.6 Å². The van der Waals surface area contributed by atoms with Crippen LogP contribution in [-0.4, -0.2) is 51.6 Å². The highest BCUT2D eigenvalue weighted by Gasteiger charge is 2.19. The highest BCUT2D eigenvalue weighted by atomic mass is 16.5. The van der Waals surface area contributed by atoms with Gasteiger partial charge in [-0.2, -0.15) is 5.10 Å². The Bertz CT molecular complexity index is 1340. The molecule has 0 amide bonds. The van der Waals surface area contributed by atoms with Crippen LogP contribution in [0.2, 0.25) is 0 Å². The summed E-state index contributed by atoms with van der Waals surface area (Å²) >= 11 is 0. The van der Waals surface area contributed by atoms with E-state index in [2.05, 4.69) is 51.8 Å². The first-order valence-electron chi connectivity index (χ1n) is 11.1. The second-order valence-electron chi connectivity index (χ2n) is 8.33. The molecule has 8 nitrogen and oxygen atoms in total. The van der Waals surface area contributed by atoms with Crippen molar-refractivity contribution in [2.75, 3.05) is 25.9 Å². The maximum Gasteiger partial charge on any atom is 0.164 e. The Kier molecular flexibility index (Phi) is 5.51. The number of aromatic nitrogens is 4. The molecule has 4 aromatic rings. The van der Waals surface area contributed by atoms with Gasteiger partial charge in [-0.3, -0.25) is 4.99 Å². The van der Waals surface area contributed by atoms with E-state index in [0.717, 1.165) is 36.2 Å². The predicted molar refractivity (Wildman–Crippen MR) is 131 cm³/mol. The van der Waals surface area contributed by atoms with Crippen molar-refractivity contribution < 1.29 is 4.74 Å². The molecular formula is C25H27N7O. The summed E-state index contributed by atoms with van der Waals surface area (Å²) in [5.41, 5.74) is 13.2. The molecule has 168 valence electrons. The third-order valence-corrected chi connectivity index (χ3v) is 6.07. The molecule has 2 aromatic heterocycles. The quantitative estimate of drug-likeness (QED) is 0.457. The highest BCUT2D eigenvalue weighted by Crippen LogP contribution is 2.36. The molecule has 1 aliphatic heterocycles. The van der Waals surface area contributed by atoms with Gasteiger partial charge in [0, 0.05) is 18.7 Å². The zero-order valence-electron chi connectivity index (χ0n) is 19.0. The first-order chi connectivity index (χ1) is 16.1. The van der Waals surface area contributed by atoms with E-state index >= 15 is 0 Å². The van der Waals surface area contributed by atoms with Crippen molar-refractivity contribution in [1.82, 2.24) is 24.6 Å². The van der Waals surface area contributed by atoms with Crippen LogP contribution in [0, 0.1) is 0 Å². The number of benzene rings is 2. The third-order valence-electron chi connectivity index (χ3n) is 6.07. The second kappa shape index (κ2) is 8.63. The van der Waals surface area contributed by atoms with Crippen molar-refractivity contribution in [2.45, 2.75) is 26.4 Å². The number of ether oxygens (including phenoxy) is 1. The van der Waals surface area contributed by atoms with Gasteiger partial charge in [0.15, 0.2) is 5.65 Å². The van der Waals surface area contributed by atoms with E-state index in [4.69, 9.17) is 15.6 Å². The SMILES string of the molecule is C=Nc1cc(-c2nn(Cc3ccc4c(c3)CCN(C)C4)c3ncnc(N)c23)ccc1OCC. The Morgan fingerprint density at radius 1 is 1.15 bits per heavy atom. The highest BCUT2D eigenvalue weighted by molar-refractivity contribution is 5.98. The third kappa shape index (κ3) is 3.93. The lowest BCUT2D eigenvalue weighted by atomic mass is 9.97. The van der Waals surface area contributed by atoms with E-state index in [9.17, 15) is 0 Å². The normalized spacial score (nSPS) is 13.8. The Morgan fingerprint density at radius 3 is 2.85 bits per heavy atom. The number of nitrogens with zero attached hydrogens (tertiary/aromatic N) is 6. The Labute approximate surface area is 192 Å². The topological polar surface area (TPSA) is 94.5 Å². The van der Waals surface area contributed by atoms with Gasteiger partial charge in [0.1, 0.15) is 29.3 Å². The number of aliphatic imine (C=N–C) groups is 1. The summed E-state index contributed by atoms with van der Waals surface area (Å²) in [7, 11) is 2.16. The zero-order chi connectivity index (χ0) is 22.9. The number of nitrogen functional groups attached to an aromatic ring is 1. The molecule has 0 saturated heterocycles. The van der Waals surface area contributed by atoms with Crippen molar-refractivity contribution in [1.29, 1.82) is 0 Å². The van der Waals surface area contributed by atoms with E-state index in [0.29, 0.717) is 36.1 Å². The summed E-state index contributed by atoms with van der Waals surface area (Å²) in [6.45, 7) is 8.84. The molecule has 1 aliphatic rings. The molecule has 0 fully saturated rings. The van der Waals surface area contributed by atoms with Crippen molar-refractivity contribution in [3.05, 3.63) is 59.4 Å². The summed E-state index contributed by atoms with van der Waals surface area (Å²) in [4.78, 5) is 15.2. The van der Waals surface area contributed by atoms with Crippen LogP contribution < -0.4 is 10.5 Å². The molecule has 0 saturated carbocycles. The van der Waals surface area contributed by atoms with Gasteiger partial charge in [-0.15, -0.1) is 0 Å². The van der Waals surface area contributed by atoms with Crippen LogP contribution in [0.4, 0.5) is 11.5 Å². The summed E-state index contributed by atoms with van der Waals surface area (Å²) < 4.78 is 7.55. The molecule has 0 atom stereocenters. The molecule has 2 aromatic carbocycles. The predicted octanol–water partition coefficient (Wildman–Crippen LogP) is 3.84. The summed E-state index contributed by atoms with van der Waals surface area (Å²) in [5.74, 6) is 1.08. The largest absolute Gasteiger partial charge is 0.492 e. The van der Waals surface area contributed by atoms with Crippen LogP contribution in [-0.2, 0) is 19.5 Å². The minimum atomic E-state index is 0.400. The molecule has 0 radical (unpaired) electrons. The van der Waals surface area contributed by atoms with Crippen LogP contribution in [0.15, 0.2) is 47.7 Å². The van der Waals surface area contributed by atoms with Crippen LogP contribution in [0.3, 0.4) is 0 Å². The number of likely N-dealkylation sites (N-methyl/N-ethyl adjacent to an activating group) is 1. The van der Waals surface area contributed by atoms with Gasteiger partial charge in [0.05, 0.1) is 18.5 Å². The van der Waals surface area contributed by atoms with Gasteiger partial charge < -0.3 is 15.4 Å². The lowest BCUT2D eigenvalue weighted by Gasteiger charge is -2.25. The number of hydrogen-bond acceptors (Lipinski definition) is 7. The summed E-state index contributed by atoms with van der Waals surface area (Å²) in [6.07, 6.45) is 2.54. The fourth-order valence-electron chi connectivity index (χ4n) is 4.43. The number of anilines is 1. The van der Waals surface area contributed by atoms with Crippen molar-refractivity contribution in [3.8, 4) is 17.0 Å². The second-order valence-corrected chi connectivity index (χ2v) is 8.33. The van der Waals surface area contributed by atoms with E-state index in [1.807, 2.05) is 29.8 Å².